The monoisotopic (exact) mass is 364 g/mol. The molecule has 0 saturated carbocycles. The van der Waals surface area contributed by atoms with Gasteiger partial charge in [0.15, 0.2) is 5.69 Å². The third-order valence-corrected chi connectivity index (χ3v) is 4.96. The molecule has 3 rings (SSSR count). The predicted octanol–water partition coefficient (Wildman–Crippen LogP) is 2.04. The minimum Gasteiger partial charge on any atom is -0.336 e. The van der Waals surface area contributed by atoms with Crippen LogP contribution in [-0.4, -0.2) is 39.7 Å². The molecule has 25 heavy (non-hydrogen) atoms. The summed E-state index contributed by atoms with van der Waals surface area (Å²) in [7, 11) is 0. The van der Waals surface area contributed by atoms with Gasteiger partial charge in [-0.3, -0.25) is 14.3 Å². The molecule has 1 aliphatic rings. The molecule has 1 aromatic carbocycles. The molecule has 6 nitrogen and oxygen atoms in total. The maximum Gasteiger partial charge on any atom is 0.278 e. The van der Waals surface area contributed by atoms with Crippen molar-refractivity contribution < 1.29 is 4.79 Å². The van der Waals surface area contributed by atoms with Gasteiger partial charge in [-0.1, -0.05) is 26.0 Å². The van der Waals surface area contributed by atoms with E-state index in [0.717, 1.165) is 11.9 Å². The highest BCUT2D eigenvalue weighted by atomic mass is 35.5. The smallest absolute Gasteiger partial charge is 0.278 e. The molecule has 2 heterocycles. The first-order chi connectivity index (χ1) is 11.3. The van der Waals surface area contributed by atoms with E-state index in [4.69, 9.17) is 5.73 Å². The van der Waals surface area contributed by atoms with Crippen LogP contribution in [0.1, 0.15) is 37.7 Å². The summed E-state index contributed by atoms with van der Waals surface area (Å²) in [6, 6.07) is 7.33. The van der Waals surface area contributed by atoms with Gasteiger partial charge in [0.1, 0.15) is 0 Å². The van der Waals surface area contributed by atoms with Crippen molar-refractivity contribution in [2.75, 3.05) is 13.1 Å². The molecule has 1 fully saturated rings. The zero-order valence-corrected chi connectivity index (χ0v) is 15.7. The summed E-state index contributed by atoms with van der Waals surface area (Å²) < 4.78 is 1.71. The van der Waals surface area contributed by atoms with Crippen molar-refractivity contribution in [3.63, 3.8) is 0 Å². The lowest BCUT2D eigenvalue weighted by molar-refractivity contribution is 0.0524. The van der Waals surface area contributed by atoms with Gasteiger partial charge in [-0.2, -0.15) is 5.10 Å². The number of hydrogen-bond acceptors (Lipinski definition) is 4. The highest BCUT2D eigenvalue weighted by molar-refractivity contribution is 5.95. The second kappa shape index (κ2) is 7.14. The largest absolute Gasteiger partial charge is 0.336 e. The third-order valence-electron chi connectivity index (χ3n) is 4.96. The van der Waals surface area contributed by atoms with Gasteiger partial charge >= 0.3 is 0 Å². The fourth-order valence-corrected chi connectivity index (χ4v) is 3.32. The molecule has 2 N–H and O–H groups in total. The van der Waals surface area contributed by atoms with Gasteiger partial charge in [0, 0.05) is 31.1 Å². The van der Waals surface area contributed by atoms with Crippen LogP contribution in [0.15, 0.2) is 29.1 Å². The zero-order valence-electron chi connectivity index (χ0n) is 14.9. The maximum atomic E-state index is 12.9. The number of aromatic nitrogens is 2. The van der Waals surface area contributed by atoms with E-state index in [-0.39, 0.29) is 40.9 Å². The van der Waals surface area contributed by atoms with E-state index in [9.17, 15) is 9.59 Å². The van der Waals surface area contributed by atoms with Crippen molar-refractivity contribution in [1.82, 2.24) is 14.7 Å². The highest BCUT2D eigenvalue weighted by Crippen LogP contribution is 2.28. The molecule has 1 aromatic heterocycles. The first-order valence-electron chi connectivity index (χ1n) is 8.40. The Bertz CT molecular complexity index is 847. The lowest BCUT2D eigenvalue weighted by Gasteiger charge is -2.42. The van der Waals surface area contributed by atoms with Gasteiger partial charge in [0.25, 0.3) is 5.91 Å². The number of carbonyl (C=O) groups is 1. The van der Waals surface area contributed by atoms with Gasteiger partial charge in [0.05, 0.1) is 5.52 Å². The van der Waals surface area contributed by atoms with E-state index in [1.807, 2.05) is 19.1 Å². The number of likely N-dealkylation sites (tertiary alicyclic amines) is 1. The number of aryl methyl sites for hydroxylation is 1. The van der Waals surface area contributed by atoms with Gasteiger partial charge in [-0.15, -0.1) is 12.4 Å². The number of fused-ring (bicyclic) bond motifs is 1. The first kappa shape index (κ1) is 19.4. The average molecular weight is 365 g/mol. The summed E-state index contributed by atoms with van der Waals surface area (Å²) in [5, 5.41) is 4.88. The minimum atomic E-state index is -0.298. The molecule has 2 aromatic rings. The van der Waals surface area contributed by atoms with Gasteiger partial charge in [-0.05, 0) is 30.9 Å². The van der Waals surface area contributed by atoms with Crippen LogP contribution >= 0.6 is 12.4 Å². The molecule has 1 atom stereocenters. The Kier molecular flexibility index (Phi) is 5.54. The number of amides is 1. The lowest BCUT2D eigenvalue weighted by Crippen LogP contribution is -2.54. The highest BCUT2D eigenvalue weighted by Gasteiger charge is 2.36. The normalized spacial score (nSPS) is 19.5. The fraction of sp³-hybridized carbons (Fsp3) is 0.500. The average Bonchev–Trinajstić information content (AvgIpc) is 2.57. The second-order valence-electron chi connectivity index (χ2n) is 7.12. The van der Waals surface area contributed by atoms with Crippen molar-refractivity contribution in [3.05, 3.63) is 40.2 Å². The number of nitrogens with two attached hydrogens (primary N) is 1. The standard InChI is InChI=1S/C18H24N4O2.ClH/c1-4-22-13-8-6-5-7-12(13)16(23)15(20-22)17(24)21-10-9-14(19)18(2,3)11-21;/h5-8,14H,4,9-11,19H2,1-3H3;1H. The van der Waals surface area contributed by atoms with E-state index in [2.05, 4.69) is 18.9 Å². The Hall–Kier alpha value is -1.92. The summed E-state index contributed by atoms with van der Waals surface area (Å²) in [6.45, 7) is 7.74. The molecular formula is C18H25ClN4O2. The van der Waals surface area contributed by atoms with E-state index >= 15 is 0 Å². The molecule has 0 radical (unpaired) electrons. The Labute approximate surface area is 153 Å². The van der Waals surface area contributed by atoms with E-state index in [1.54, 1.807) is 21.7 Å². The summed E-state index contributed by atoms with van der Waals surface area (Å²) >= 11 is 0. The van der Waals surface area contributed by atoms with Gasteiger partial charge in [0.2, 0.25) is 5.43 Å². The zero-order chi connectivity index (χ0) is 17.5. The minimum absolute atomic E-state index is 0. The summed E-state index contributed by atoms with van der Waals surface area (Å²) in [5.74, 6) is -0.298. The number of nitrogens with zero attached hydrogens (tertiary/aromatic N) is 3. The molecule has 0 aliphatic carbocycles. The Morgan fingerprint density at radius 2 is 2.04 bits per heavy atom. The van der Waals surface area contributed by atoms with Gasteiger partial charge in [-0.25, -0.2) is 0 Å². The Balaban J connectivity index is 0.00000225. The number of para-hydroxylation sites is 1. The molecule has 7 heteroatoms. The Morgan fingerprint density at radius 3 is 2.68 bits per heavy atom. The summed E-state index contributed by atoms with van der Waals surface area (Å²) in [4.78, 5) is 27.4. The number of halogens is 1. The lowest BCUT2D eigenvalue weighted by atomic mass is 9.79. The van der Waals surface area contributed by atoms with E-state index < -0.39 is 0 Å². The van der Waals surface area contributed by atoms with Crippen LogP contribution in [0.25, 0.3) is 10.9 Å². The topological polar surface area (TPSA) is 81.2 Å². The van der Waals surface area contributed by atoms with Crippen molar-refractivity contribution in [3.8, 4) is 0 Å². The number of hydrogen-bond donors (Lipinski definition) is 1. The Morgan fingerprint density at radius 1 is 1.36 bits per heavy atom. The molecule has 1 aliphatic heterocycles. The van der Waals surface area contributed by atoms with E-state index in [0.29, 0.717) is 25.0 Å². The second-order valence-corrected chi connectivity index (χ2v) is 7.12. The molecule has 0 bridgehead atoms. The van der Waals surface area contributed by atoms with Crippen LogP contribution in [-0.2, 0) is 6.54 Å². The molecule has 1 unspecified atom stereocenters. The van der Waals surface area contributed by atoms with Crippen LogP contribution in [0.2, 0.25) is 0 Å². The molecule has 136 valence electrons. The van der Waals surface area contributed by atoms with Crippen molar-refractivity contribution in [2.24, 2.45) is 11.1 Å². The van der Waals surface area contributed by atoms with Crippen LogP contribution in [0, 0.1) is 5.41 Å². The van der Waals surface area contributed by atoms with Crippen LogP contribution in [0.4, 0.5) is 0 Å². The maximum absolute atomic E-state index is 12.9. The molecule has 1 amide bonds. The van der Waals surface area contributed by atoms with Crippen LogP contribution < -0.4 is 11.2 Å². The summed E-state index contributed by atoms with van der Waals surface area (Å²) in [6.07, 6.45) is 0.730. The summed E-state index contributed by atoms with van der Waals surface area (Å²) in [5.41, 5.74) is 6.43. The SMILES string of the molecule is CCn1nc(C(=O)N2CCC(N)C(C)(C)C2)c(=O)c2ccccc21.Cl. The van der Waals surface area contributed by atoms with Gasteiger partial charge < -0.3 is 10.6 Å². The first-order valence-corrected chi connectivity index (χ1v) is 8.40. The molecular weight excluding hydrogens is 340 g/mol. The molecule has 0 spiro atoms. The van der Waals surface area contributed by atoms with Crippen molar-refractivity contribution >= 4 is 29.2 Å². The fourth-order valence-electron chi connectivity index (χ4n) is 3.32. The third kappa shape index (κ3) is 3.41. The van der Waals surface area contributed by atoms with Crippen molar-refractivity contribution in [1.29, 1.82) is 0 Å². The predicted molar refractivity (Wildman–Crippen MR) is 101 cm³/mol. The number of piperidine rings is 1. The van der Waals surface area contributed by atoms with Crippen LogP contribution in [0.5, 0.6) is 0 Å². The van der Waals surface area contributed by atoms with Crippen molar-refractivity contribution in [2.45, 2.75) is 39.8 Å². The number of rotatable bonds is 2. The van der Waals surface area contributed by atoms with Crippen LogP contribution in [0.3, 0.4) is 0 Å². The quantitative estimate of drug-likeness (QED) is 0.884. The molecule has 1 saturated heterocycles. The number of benzene rings is 1. The number of carbonyl (C=O) groups excluding carboxylic acids is 1. The van der Waals surface area contributed by atoms with E-state index in [1.165, 1.54) is 0 Å².